The first kappa shape index (κ1) is 13.8. The molecule has 0 aliphatic heterocycles. The lowest BCUT2D eigenvalue weighted by Gasteiger charge is -2.05. The molecule has 21 heavy (non-hydrogen) atoms. The summed E-state index contributed by atoms with van der Waals surface area (Å²) in [6, 6.07) is 11.1. The van der Waals surface area contributed by atoms with Crippen LogP contribution in [0.25, 0.3) is 11.0 Å². The number of carbonyl (C=O) groups excluding carboxylic acids is 1. The van der Waals surface area contributed by atoms with E-state index in [9.17, 15) is 4.79 Å². The molecule has 0 spiro atoms. The predicted molar refractivity (Wildman–Crippen MR) is 83.0 cm³/mol. The Kier molecular flexibility index (Phi) is 3.70. The van der Waals surface area contributed by atoms with Gasteiger partial charge in [-0.15, -0.1) is 0 Å². The quantitative estimate of drug-likeness (QED) is 0.788. The number of hydrogen-bond acceptors (Lipinski definition) is 4. The highest BCUT2D eigenvalue weighted by atomic mass is 79.9. The number of hydrogen-bond donors (Lipinski definition) is 1. The van der Waals surface area contributed by atoms with Gasteiger partial charge in [-0.2, -0.15) is 0 Å². The fourth-order valence-corrected chi connectivity index (χ4v) is 2.24. The number of fused-ring (bicyclic) bond motifs is 1. The smallest absolute Gasteiger partial charge is 0.231 e. The van der Waals surface area contributed by atoms with Crippen LogP contribution in [-0.4, -0.2) is 16.0 Å². The van der Waals surface area contributed by atoms with E-state index >= 15 is 0 Å². The second-order valence-corrected chi connectivity index (χ2v) is 5.47. The molecule has 0 radical (unpaired) electrons. The molecule has 1 N–H and O–H groups in total. The summed E-state index contributed by atoms with van der Waals surface area (Å²) in [5.74, 6) is 0.344. The van der Waals surface area contributed by atoms with Crippen molar-refractivity contribution in [1.29, 1.82) is 0 Å². The maximum atomic E-state index is 12.1. The van der Waals surface area contributed by atoms with E-state index in [1.807, 2.05) is 37.3 Å². The zero-order valence-electron chi connectivity index (χ0n) is 11.3. The van der Waals surface area contributed by atoms with Crippen LogP contribution in [0.15, 0.2) is 45.4 Å². The standard InChI is InChI=1S/C15H12BrN3O2/c1-9-11(16)6-7-14(17-9)18-15(20)8-12-10-4-2-3-5-13(10)21-19-12/h2-7H,8H2,1H3,(H,17,18,20). The van der Waals surface area contributed by atoms with Gasteiger partial charge in [0.2, 0.25) is 5.91 Å². The second-order valence-electron chi connectivity index (χ2n) is 4.61. The summed E-state index contributed by atoms with van der Waals surface area (Å²) in [5.41, 5.74) is 2.12. The number of nitrogens with zero attached hydrogens (tertiary/aromatic N) is 2. The third kappa shape index (κ3) is 2.95. The summed E-state index contributed by atoms with van der Waals surface area (Å²) in [6.07, 6.45) is 0.147. The van der Waals surface area contributed by atoms with Crippen molar-refractivity contribution in [3.05, 3.63) is 52.3 Å². The van der Waals surface area contributed by atoms with Crippen LogP contribution < -0.4 is 5.32 Å². The molecule has 0 saturated carbocycles. The Morgan fingerprint density at radius 1 is 1.29 bits per heavy atom. The molecule has 2 aromatic heterocycles. The van der Waals surface area contributed by atoms with E-state index in [0.29, 0.717) is 17.1 Å². The zero-order valence-corrected chi connectivity index (χ0v) is 12.8. The number of aryl methyl sites for hydroxylation is 1. The normalized spacial score (nSPS) is 10.8. The van der Waals surface area contributed by atoms with Gasteiger partial charge in [0.05, 0.1) is 12.1 Å². The molecular weight excluding hydrogens is 334 g/mol. The van der Waals surface area contributed by atoms with E-state index in [4.69, 9.17) is 4.52 Å². The minimum absolute atomic E-state index is 0.147. The first-order valence-electron chi connectivity index (χ1n) is 6.40. The van der Waals surface area contributed by atoms with E-state index in [0.717, 1.165) is 15.6 Å². The number of nitrogens with one attached hydrogen (secondary N) is 1. The molecule has 2 heterocycles. The van der Waals surface area contributed by atoms with Crippen LogP contribution in [0.2, 0.25) is 0 Å². The van der Waals surface area contributed by atoms with E-state index in [1.165, 1.54) is 0 Å². The summed E-state index contributed by atoms with van der Waals surface area (Å²) in [7, 11) is 0. The number of amides is 1. The molecular formula is C15H12BrN3O2. The highest BCUT2D eigenvalue weighted by molar-refractivity contribution is 9.10. The van der Waals surface area contributed by atoms with Crippen molar-refractivity contribution in [1.82, 2.24) is 10.1 Å². The van der Waals surface area contributed by atoms with E-state index in [1.54, 1.807) is 6.07 Å². The van der Waals surface area contributed by atoms with Crippen LogP contribution in [0.3, 0.4) is 0 Å². The minimum Gasteiger partial charge on any atom is -0.356 e. The fraction of sp³-hybridized carbons (Fsp3) is 0.133. The largest absolute Gasteiger partial charge is 0.356 e. The van der Waals surface area contributed by atoms with Crippen LogP contribution in [0.5, 0.6) is 0 Å². The van der Waals surface area contributed by atoms with Gasteiger partial charge in [-0.3, -0.25) is 4.79 Å². The minimum atomic E-state index is -0.178. The summed E-state index contributed by atoms with van der Waals surface area (Å²) >= 11 is 3.37. The van der Waals surface area contributed by atoms with Gasteiger partial charge in [-0.25, -0.2) is 4.98 Å². The molecule has 0 fully saturated rings. The Bertz CT molecular complexity index is 814. The Labute approximate surface area is 129 Å². The van der Waals surface area contributed by atoms with Crippen LogP contribution in [0, 0.1) is 6.92 Å². The summed E-state index contributed by atoms with van der Waals surface area (Å²) in [5, 5.41) is 7.56. The molecule has 6 heteroatoms. The number of aromatic nitrogens is 2. The number of rotatable bonds is 3. The summed E-state index contributed by atoms with van der Waals surface area (Å²) in [4.78, 5) is 16.4. The van der Waals surface area contributed by atoms with Crippen molar-refractivity contribution < 1.29 is 9.32 Å². The molecule has 0 aliphatic carbocycles. The average Bonchev–Trinajstić information content (AvgIpc) is 2.86. The molecule has 3 rings (SSSR count). The highest BCUT2D eigenvalue weighted by Gasteiger charge is 2.12. The third-order valence-corrected chi connectivity index (χ3v) is 3.91. The lowest BCUT2D eigenvalue weighted by molar-refractivity contribution is -0.115. The summed E-state index contributed by atoms with van der Waals surface area (Å²) in [6.45, 7) is 1.87. The predicted octanol–water partition coefficient (Wildman–Crippen LogP) is 3.47. The molecule has 106 valence electrons. The van der Waals surface area contributed by atoms with Crippen molar-refractivity contribution in [3.8, 4) is 0 Å². The Morgan fingerprint density at radius 3 is 2.90 bits per heavy atom. The molecule has 1 amide bonds. The summed E-state index contributed by atoms with van der Waals surface area (Å²) < 4.78 is 6.09. The first-order valence-corrected chi connectivity index (χ1v) is 7.19. The SMILES string of the molecule is Cc1nc(NC(=O)Cc2noc3ccccc23)ccc1Br. The topological polar surface area (TPSA) is 68.0 Å². The number of pyridine rings is 1. The molecule has 0 unspecified atom stereocenters. The van der Waals surface area contributed by atoms with Crippen LogP contribution >= 0.6 is 15.9 Å². The van der Waals surface area contributed by atoms with Gasteiger partial charge in [-0.05, 0) is 47.1 Å². The Morgan fingerprint density at radius 2 is 2.10 bits per heavy atom. The van der Waals surface area contributed by atoms with Gasteiger partial charge in [0.25, 0.3) is 0 Å². The van der Waals surface area contributed by atoms with Gasteiger partial charge < -0.3 is 9.84 Å². The van der Waals surface area contributed by atoms with Crippen molar-refractivity contribution >= 4 is 38.6 Å². The Balaban J connectivity index is 1.75. The van der Waals surface area contributed by atoms with E-state index in [-0.39, 0.29) is 12.3 Å². The fourth-order valence-electron chi connectivity index (χ4n) is 2.02. The second kappa shape index (κ2) is 5.65. The molecule has 0 saturated heterocycles. The van der Waals surface area contributed by atoms with Crippen molar-refractivity contribution in [2.75, 3.05) is 5.32 Å². The first-order chi connectivity index (χ1) is 10.1. The zero-order chi connectivity index (χ0) is 14.8. The van der Waals surface area contributed by atoms with Gasteiger partial charge in [-0.1, -0.05) is 17.3 Å². The lowest BCUT2D eigenvalue weighted by Crippen LogP contribution is -2.15. The number of para-hydroxylation sites is 1. The molecule has 0 atom stereocenters. The number of carbonyl (C=O) groups is 1. The van der Waals surface area contributed by atoms with Gasteiger partial charge in [0.1, 0.15) is 11.5 Å². The monoisotopic (exact) mass is 345 g/mol. The van der Waals surface area contributed by atoms with Gasteiger partial charge in [0, 0.05) is 9.86 Å². The Hall–Kier alpha value is -2.21. The maximum absolute atomic E-state index is 12.1. The lowest BCUT2D eigenvalue weighted by atomic mass is 10.1. The number of benzene rings is 1. The highest BCUT2D eigenvalue weighted by Crippen LogP contribution is 2.19. The van der Waals surface area contributed by atoms with E-state index in [2.05, 4.69) is 31.4 Å². The van der Waals surface area contributed by atoms with Gasteiger partial charge >= 0.3 is 0 Å². The van der Waals surface area contributed by atoms with Crippen molar-refractivity contribution in [2.24, 2.45) is 0 Å². The van der Waals surface area contributed by atoms with Gasteiger partial charge in [0.15, 0.2) is 5.58 Å². The molecule has 3 aromatic rings. The maximum Gasteiger partial charge on any atom is 0.231 e. The van der Waals surface area contributed by atoms with E-state index < -0.39 is 0 Å². The van der Waals surface area contributed by atoms with Crippen LogP contribution in [0.1, 0.15) is 11.4 Å². The number of halogens is 1. The molecule has 0 bridgehead atoms. The van der Waals surface area contributed by atoms with Crippen molar-refractivity contribution in [2.45, 2.75) is 13.3 Å². The average molecular weight is 346 g/mol. The third-order valence-electron chi connectivity index (χ3n) is 3.07. The molecule has 0 aliphatic rings. The van der Waals surface area contributed by atoms with Crippen LogP contribution in [0.4, 0.5) is 5.82 Å². The molecule has 1 aromatic carbocycles. The van der Waals surface area contributed by atoms with Crippen molar-refractivity contribution in [3.63, 3.8) is 0 Å². The van der Waals surface area contributed by atoms with Crippen LogP contribution in [-0.2, 0) is 11.2 Å². The molecule has 5 nitrogen and oxygen atoms in total. The number of anilines is 1.